The van der Waals surface area contributed by atoms with Gasteiger partial charge in [0.05, 0.1) is 13.5 Å². The van der Waals surface area contributed by atoms with Gasteiger partial charge in [0, 0.05) is 52.4 Å². The molecule has 0 aliphatic carbocycles. The third-order valence-corrected chi connectivity index (χ3v) is 4.22. The van der Waals surface area contributed by atoms with E-state index < -0.39 is 0 Å². The Morgan fingerprint density at radius 3 is 1.00 bits per heavy atom. The molecule has 0 bridgehead atoms. The maximum atomic E-state index is 8.76. The zero-order valence-electron chi connectivity index (χ0n) is 13.2. The molecule has 2 heterocycles. The van der Waals surface area contributed by atoms with Crippen LogP contribution in [0.25, 0.3) is 0 Å². The molecule has 6 heteroatoms. The predicted octanol–water partition coefficient (Wildman–Crippen LogP) is -0.853. The van der Waals surface area contributed by atoms with Gasteiger partial charge in [-0.05, 0) is 13.1 Å². The maximum absolute atomic E-state index is 8.76. The van der Waals surface area contributed by atoms with Crippen molar-refractivity contribution in [3.8, 4) is 0 Å². The van der Waals surface area contributed by atoms with E-state index in [9.17, 15) is 0 Å². The number of aliphatic hydroxyl groups excluding tert-OH is 2. The first-order valence-corrected chi connectivity index (χ1v) is 7.84. The normalized spacial score (nSPS) is 23.4. The zero-order chi connectivity index (χ0) is 14.8. The lowest BCUT2D eigenvalue weighted by Crippen LogP contribution is -2.46. The van der Waals surface area contributed by atoms with Crippen molar-refractivity contribution in [1.82, 2.24) is 19.6 Å². The molecule has 6 nitrogen and oxygen atoms in total. The SMILES string of the molecule is CCN1CCN(CO)CC1.CCN1CCN(CO)CC1. The molecular formula is C14H32N4O2. The summed E-state index contributed by atoms with van der Waals surface area (Å²) in [6, 6.07) is 0. The fourth-order valence-electron chi connectivity index (χ4n) is 2.49. The van der Waals surface area contributed by atoms with Crippen molar-refractivity contribution < 1.29 is 10.2 Å². The molecule has 0 aromatic heterocycles. The van der Waals surface area contributed by atoms with Gasteiger partial charge in [0.1, 0.15) is 0 Å². The van der Waals surface area contributed by atoms with Gasteiger partial charge in [0.2, 0.25) is 0 Å². The van der Waals surface area contributed by atoms with Crippen LogP contribution in [0, 0.1) is 0 Å². The van der Waals surface area contributed by atoms with Crippen LogP contribution >= 0.6 is 0 Å². The molecule has 2 fully saturated rings. The minimum absolute atomic E-state index is 0.220. The Morgan fingerprint density at radius 2 is 0.800 bits per heavy atom. The Kier molecular flexibility index (Phi) is 9.33. The van der Waals surface area contributed by atoms with Crippen LogP contribution in [0.15, 0.2) is 0 Å². The highest BCUT2D eigenvalue weighted by Crippen LogP contribution is 1.99. The first kappa shape index (κ1) is 17.8. The highest BCUT2D eigenvalue weighted by atomic mass is 16.3. The van der Waals surface area contributed by atoms with E-state index in [1.807, 2.05) is 0 Å². The van der Waals surface area contributed by atoms with Crippen molar-refractivity contribution in [1.29, 1.82) is 0 Å². The van der Waals surface area contributed by atoms with Crippen molar-refractivity contribution in [2.45, 2.75) is 13.8 Å². The monoisotopic (exact) mass is 288 g/mol. The summed E-state index contributed by atoms with van der Waals surface area (Å²) in [4.78, 5) is 8.91. The first-order chi connectivity index (χ1) is 9.73. The quantitative estimate of drug-likeness (QED) is 0.703. The molecule has 2 aliphatic heterocycles. The van der Waals surface area contributed by atoms with Crippen molar-refractivity contribution in [2.75, 3.05) is 78.9 Å². The minimum Gasteiger partial charge on any atom is -0.381 e. The predicted molar refractivity (Wildman–Crippen MR) is 81.5 cm³/mol. The molecule has 0 aromatic rings. The van der Waals surface area contributed by atoms with Gasteiger partial charge in [-0.2, -0.15) is 0 Å². The van der Waals surface area contributed by atoms with Crippen LogP contribution in [0.5, 0.6) is 0 Å². The Balaban J connectivity index is 0.000000200. The summed E-state index contributed by atoms with van der Waals surface area (Å²) in [5.41, 5.74) is 0. The van der Waals surface area contributed by atoms with E-state index in [0.717, 1.165) is 65.4 Å². The largest absolute Gasteiger partial charge is 0.381 e. The maximum Gasteiger partial charge on any atom is 0.0957 e. The second-order valence-electron chi connectivity index (χ2n) is 5.39. The van der Waals surface area contributed by atoms with E-state index in [1.165, 1.54) is 0 Å². The van der Waals surface area contributed by atoms with Gasteiger partial charge < -0.3 is 20.0 Å². The van der Waals surface area contributed by atoms with Crippen LogP contribution in [0.3, 0.4) is 0 Å². The number of aliphatic hydroxyl groups is 2. The van der Waals surface area contributed by atoms with Gasteiger partial charge in [0.25, 0.3) is 0 Å². The van der Waals surface area contributed by atoms with E-state index in [0.29, 0.717) is 0 Å². The summed E-state index contributed by atoms with van der Waals surface area (Å²) in [5, 5.41) is 17.5. The van der Waals surface area contributed by atoms with Gasteiger partial charge in [-0.1, -0.05) is 13.8 Å². The minimum atomic E-state index is 0.220. The smallest absolute Gasteiger partial charge is 0.0957 e. The fourth-order valence-corrected chi connectivity index (χ4v) is 2.49. The van der Waals surface area contributed by atoms with Crippen molar-refractivity contribution in [2.24, 2.45) is 0 Å². The van der Waals surface area contributed by atoms with E-state index >= 15 is 0 Å². The van der Waals surface area contributed by atoms with E-state index in [2.05, 4.69) is 33.4 Å². The average Bonchev–Trinajstić information content (AvgIpc) is 2.55. The topological polar surface area (TPSA) is 53.4 Å². The van der Waals surface area contributed by atoms with E-state index in [1.54, 1.807) is 0 Å². The molecule has 2 aliphatic rings. The summed E-state index contributed by atoms with van der Waals surface area (Å²) >= 11 is 0. The number of likely N-dealkylation sites (N-methyl/N-ethyl adjacent to an activating group) is 2. The van der Waals surface area contributed by atoms with Crippen LogP contribution in [-0.2, 0) is 0 Å². The van der Waals surface area contributed by atoms with Crippen LogP contribution in [0.2, 0.25) is 0 Å². The van der Waals surface area contributed by atoms with Gasteiger partial charge in [-0.25, -0.2) is 0 Å². The molecule has 120 valence electrons. The van der Waals surface area contributed by atoms with Crippen LogP contribution < -0.4 is 0 Å². The molecule has 0 radical (unpaired) electrons. The third-order valence-electron chi connectivity index (χ3n) is 4.22. The summed E-state index contributed by atoms with van der Waals surface area (Å²) in [6.07, 6.45) is 0. The van der Waals surface area contributed by atoms with Crippen LogP contribution in [-0.4, -0.2) is 109 Å². The van der Waals surface area contributed by atoms with E-state index in [4.69, 9.17) is 10.2 Å². The van der Waals surface area contributed by atoms with Crippen LogP contribution in [0.1, 0.15) is 13.8 Å². The first-order valence-electron chi connectivity index (χ1n) is 7.84. The molecule has 0 aromatic carbocycles. The Bertz CT molecular complexity index is 179. The summed E-state index contributed by atoms with van der Waals surface area (Å²) < 4.78 is 0. The van der Waals surface area contributed by atoms with Gasteiger partial charge >= 0.3 is 0 Å². The Morgan fingerprint density at radius 1 is 0.550 bits per heavy atom. The molecule has 0 saturated carbocycles. The molecule has 2 rings (SSSR count). The molecule has 2 saturated heterocycles. The Labute approximate surface area is 123 Å². The zero-order valence-corrected chi connectivity index (χ0v) is 13.2. The molecule has 0 unspecified atom stereocenters. The average molecular weight is 288 g/mol. The van der Waals surface area contributed by atoms with Crippen molar-refractivity contribution >= 4 is 0 Å². The summed E-state index contributed by atoms with van der Waals surface area (Å²) in [7, 11) is 0. The second kappa shape index (κ2) is 10.5. The number of hydrogen-bond donors (Lipinski definition) is 2. The number of rotatable bonds is 4. The molecule has 2 N–H and O–H groups in total. The molecular weight excluding hydrogens is 256 g/mol. The van der Waals surface area contributed by atoms with Gasteiger partial charge in [-0.15, -0.1) is 0 Å². The van der Waals surface area contributed by atoms with Crippen molar-refractivity contribution in [3.05, 3.63) is 0 Å². The van der Waals surface area contributed by atoms with Gasteiger partial charge in [-0.3, -0.25) is 9.80 Å². The van der Waals surface area contributed by atoms with Crippen LogP contribution in [0.4, 0.5) is 0 Å². The molecule has 0 spiro atoms. The lowest BCUT2D eigenvalue weighted by atomic mass is 10.3. The van der Waals surface area contributed by atoms with E-state index in [-0.39, 0.29) is 13.5 Å². The number of hydrogen-bond acceptors (Lipinski definition) is 6. The highest BCUT2D eigenvalue weighted by Gasteiger charge is 2.14. The highest BCUT2D eigenvalue weighted by molar-refractivity contribution is 4.68. The van der Waals surface area contributed by atoms with Crippen molar-refractivity contribution in [3.63, 3.8) is 0 Å². The lowest BCUT2D eigenvalue weighted by Gasteiger charge is -2.32. The summed E-state index contributed by atoms with van der Waals surface area (Å²) in [6.45, 7) is 15.6. The van der Waals surface area contributed by atoms with Gasteiger partial charge in [0.15, 0.2) is 0 Å². The fraction of sp³-hybridized carbons (Fsp3) is 1.00. The number of nitrogens with zero attached hydrogens (tertiary/aromatic N) is 4. The number of piperazine rings is 2. The Hall–Kier alpha value is -0.240. The molecule has 0 amide bonds. The standard InChI is InChI=1S/2C7H16N2O/c2*1-2-8-3-5-9(7-10)6-4-8/h2*10H,2-7H2,1H3. The lowest BCUT2D eigenvalue weighted by molar-refractivity contribution is 0.0562. The third kappa shape index (κ3) is 6.47. The second-order valence-corrected chi connectivity index (χ2v) is 5.39. The molecule has 0 atom stereocenters. The summed E-state index contributed by atoms with van der Waals surface area (Å²) in [5.74, 6) is 0. The molecule has 20 heavy (non-hydrogen) atoms.